The maximum Gasteiger partial charge on any atom is 0.289 e. The molecular weight excluding hydrogens is 420 g/mol. The molecule has 1 atom stereocenters. The van der Waals surface area contributed by atoms with Crippen LogP contribution in [0.25, 0.3) is 11.3 Å². The molecule has 9 nitrogen and oxygen atoms in total. The van der Waals surface area contributed by atoms with Gasteiger partial charge in [-0.2, -0.15) is 0 Å². The minimum Gasteiger partial charge on any atom is -0.459 e. The number of carbonyl (C=O) groups excluding carboxylic acids is 2. The van der Waals surface area contributed by atoms with Gasteiger partial charge in [0.15, 0.2) is 11.6 Å². The minimum atomic E-state index is -0.121. The van der Waals surface area contributed by atoms with Crippen molar-refractivity contribution in [3.8, 4) is 11.3 Å². The number of piperidine rings is 1. The maximum atomic E-state index is 13.2. The van der Waals surface area contributed by atoms with E-state index in [0.29, 0.717) is 38.5 Å². The molecule has 2 aliphatic heterocycles. The number of aromatic nitrogens is 3. The lowest BCUT2D eigenvalue weighted by atomic mass is 9.96. The number of hydrogen-bond acceptors (Lipinski definition) is 7. The SMILES string of the molecule is O=C(c1ccco1)N1CCN(C(=O)C2CCCN(c3ccc(-c4ccncc4)nn3)C2)CC1. The molecule has 5 rings (SSSR count). The summed E-state index contributed by atoms with van der Waals surface area (Å²) < 4.78 is 5.21. The molecule has 1 unspecified atom stereocenters. The Bertz CT molecular complexity index is 1080. The highest BCUT2D eigenvalue weighted by Gasteiger charge is 2.33. The molecule has 0 radical (unpaired) electrons. The van der Waals surface area contributed by atoms with E-state index in [4.69, 9.17) is 4.42 Å². The molecule has 2 amide bonds. The van der Waals surface area contributed by atoms with Gasteiger partial charge in [-0.05, 0) is 49.2 Å². The zero-order valence-corrected chi connectivity index (χ0v) is 18.3. The molecule has 2 aliphatic rings. The molecule has 3 aromatic rings. The smallest absolute Gasteiger partial charge is 0.289 e. The third-order valence-corrected chi connectivity index (χ3v) is 6.33. The summed E-state index contributed by atoms with van der Waals surface area (Å²) in [6.45, 7) is 3.61. The van der Waals surface area contributed by atoms with E-state index >= 15 is 0 Å². The molecule has 0 saturated carbocycles. The first-order valence-electron chi connectivity index (χ1n) is 11.3. The predicted molar refractivity (Wildman–Crippen MR) is 121 cm³/mol. The summed E-state index contributed by atoms with van der Waals surface area (Å²) in [5, 5.41) is 8.79. The second kappa shape index (κ2) is 9.40. The number of anilines is 1. The van der Waals surface area contributed by atoms with E-state index < -0.39 is 0 Å². The Morgan fingerprint density at radius 3 is 2.39 bits per heavy atom. The van der Waals surface area contributed by atoms with Gasteiger partial charge in [-0.1, -0.05) is 0 Å². The third-order valence-electron chi connectivity index (χ3n) is 6.33. The molecule has 170 valence electrons. The van der Waals surface area contributed by atoms with Crippen molar-refractivity contribution in [2.45, 2.75) is 12.8 Å². The number of nitrogens with zero attached hydrogens (tertiary/aromatic N) is 6. The Balaban J connectivity index is 1.18. The van der Waals surface area contributed by atoms with Crippen LogP contribution in [-0.4, -0.2) is 76.1 Å². The molecule has 0 aliphatic carbocycles. The molecule has 5 heterocycles. The number of rotatable bonds is 4. The van der Waals surface area contributed by atoms with E-state index in [1.807, 2.05) is 29.2 Å². The lowest BCUT2D eigenvalue weighted by Gasteiger charge is -2.39. The summed E-state index contributed by atoms with van der Waals surface area (Å²) in [5.41, 5.74) is 1.77. The number of hydrogen-bond donors (Lipinski definition) is 0. The van der Waals surface area contributed by atoms with E-state index in [-0.39, 0.29) is 17.7 Å². The van der Waals surface area contributed by atoms with Crippen LogP contribution in [-0.2, 0) is 4.79 Å². The average Bonchev–Trinajstić information content (AvgIpc) is 3.44. The van der Waals surface area contributed by atoms with E-state index in [0.717, 1.165) is 36.5 Å². The van der Waals surface area contributed by atoms with Crippen LogP contribution in [0.4, 0.5) is 5.82 Å². The molecule has 3 aromatic heterocycles. The van der Waals surface area contributed by atoms with Crippen molar-refractivity contribution in [2.24, 2.45) is 5.92 Å². The van der Waals surface area contributed by atoms with Gasteiger partial charge in [-0.3, -0.25) is 14.6 Å². The van der Waals surface area contributed by atoms with Gasteiger partial charge >= 0.3 is 0 Å². The molecule has 2 fully saturated rings. The second-order valence-electron chi connectivity index (χ2n) is 8.39. The highest BCUT2D eigenvalue weighted by atomic mass is 16.3. The Hall–Kier alpha value is -3.75. The van der Waals surface area contributed by atoms with Crippen molar-refractivity contribution in [1.82, 2.24) is 25.0 Å². The van der Waals surface area contributed by atoms with Crippen molar-refractivity contribution < 1.29 is 14.0 Å². The Morgan fingerprint density at radius 2 is 1.70 bits per heavy atom. The van der Waals surface area contributed by atoms with Gasteiger partial charge in [-0.15, -0.1) is 10.2 Å². The van der Waals surface area contributed by atoms with Gasteiger partial charge in [-0.25, -0.2) is 0 Å². The van der Waals surface area contributed by atoms with Crippen LogP contribution in [0.3, 0.4) is 0 Å². The zero-order chi connectivity index (χ0) is 22.6. The summed E-state index contributed by atoms with van der Waals surface area (Å²) in [7, 11) is 0. The van der Waals surface area contributed by atoms with Crippen LogP contribution in [0.1, 0.15) is 23.4 Å². The van der Waals surface area contributed by atoms with Crippen LogP contribution in [0, 0.1) is 5.92 Å². The number of carbonyl (C=O) groups is 2. The number of piperazine rings is 1. The van der Waals surface area contributed by atoms with Crippen molar-refractivity contribution in [3.63, 3.8) is 0 Å². The number of pyridine rings is 1. The van der Waals surface area contributed by atoms with Crippen LogP contribution in [0.2, 0.25) is 0 Å². The molecule has 9 heteroatoms. The summed E-state index contributed by atoms with van der Waals surface area (Å²) in [6.07, 6.45) is 6.76. The first kappa shape index (κ1) is 21.1. The van der Waals surface area contributed by atoms with E-state index in [2.05, 4.69) is 20.1 Å². The molecular formula is C24H26N6O3. The third kappa shape index (κ3) is 4.57. The lowest BCUT2D eigenvalue weighted by molar-refractivity contribution is -0.137. The molecule has 0 N–H and O–H groups in total. The quantitative estimate of drug-likeness (QED) is 0.607. The Labute approximate surface area is 192 Å². The van der Waals surface area contributed by atoms with Gasteiger partial charge in [0.2, 0.25) is 5.91 Å². The standard InChI is InChI=1S/C24H26N6O3/c31-23(28-12-14-29(15-13-28)24(32)21-4-2-16-33-21)19-3-1-11-30(17-19)22-6-5-20(26-27-22)18-7-9-25-10-8-18/h2,4-10,16,19H,1,3,11-15,17H2. The topological polar surface area (TPSA) is 95.7 Å². The fourth-order valence-electron chi connectivity index (χ4n) is 4.50. The maximum absolute atomic E-state index is 13.2. The molecule has 33 heavy (non-hydrogen) atoms. The molecule has 0 spiro atoms. The highest BCUT2D eigenvalue weighted by molar-refractivity contribution is 5.91. The van der Waals surface area contributed by atoms with Gasteiger partial charge in [0, 0.05) is 57.2 Å². The highest BCUT2D eigenvalue weighted by Crippen LogP contribution is 2.25. The predicted octanol–water partition coefficient (Wildman–Crippen LogP) is 2.33. The summed E-state index contributed by atoms with van der Waals surface area (Å²) in [5.74, 6) is 1.09. The first-order valence-corrected chi connectivity index (χ1v) is 11.3. The van der Waals surface area contributed by atoms with Gasteiger partial charge in [0.1, 0.15) is 0 Å². The van der Waals surface area contributed by atoms with Crippen molar-refractivity contribution in [2.75, 3.05) is 44.2 Å². The normalized spacial score (nSPS) is 18.9. The number of amides is 2. The first-order chi connectivity index (χ1) is 16.2. The summed E-state index contributed by atoms with van der Waals surface area (Å²) >= 11 is 0. The zero-order valence-electron chi connectivity index (χ0n) is 18.3. The number of furan rings is 1. The largest absolute Gasteiger partial charge is 0.459 e. The summed E-state index contributed by atoms with van der Waals surface area (Å²) in [4.78, 5) is 35.5. The van der Waals surface area contributed by atoms with Crippen LogP contribution in [0.5, 0.6) is 0 Å². The fraction of sp³-hybridized carbons (Fsp3) is 0.375. The van der Waals surface area contributed by atoms with Crippen LogP contribution >= 0.6 is 0 Å². The fourth-order valence-corrected chi connectivity index (χ4v) is 4.50. The Morgan fingerprint density at radius 1 is 0.909 bits per heavy atom. The van der Waals surface area contributed by atoms with Gasteiger partial charge < -0.3 is 19.1 Å². The van der Waals surface area contributed by atoms with Gasteiger partial charge in [0.25, 0.3) is 5.91 Å². The monoisotopic (exact) mass is 446 g/mol. The van der Waals surface area contributed by atoms with Crippen molar-refractivity contribution >= 4 is 17.6 Å². The molecule has 0 bridgehead atoms. The van der Waals surface area contributed by atoms with Crippen molar-refractivity contribution in [3.05, 3.63) is 60.8 Å². The van der Waals surface area contributed by atoms with E-state index in [1.54, 1.807) is 29.4 Å². The summed E-state index contributed by atoms with van der Waals surface area (Å²) in [6, 6.07) is 11.1. The van der Waals surface area contributed by atoms with Crippen LogP contribution in [0.15, 0.2) is 59.5 Å². The average molecular weight is 447 g/mol. The lowest BCUT2D eigenvalue weighted by Crippen LogP contribution is -2.53. The van der Waals surface area contributed by atoms with E-state index in [1.165, 1.54) is 6.26 Å². The van der Waals surface area contributed by atoms with E-state index in [9.17, 15) is 9.59 Å². The van der Waals surface area contributed by atoms with Crippen molar-refractivity contribution in [1.29, 1.82) is 0 Å². The van der Waals surface area contributed by atoms with Crippen LogP contribution < -0.4 is 4.90 Å². The minimum absolute atomic E-state index is 0.0762. The molecule has 0 aromatic carbocycles. The Kier molecular flexibility index (Phi) is 6.01. The van der Waals surface area contributed by atoms with Gasteiger partial charge in [0.05, 0.1) is 17.9 Å². The molecule has 2 saturated heterocycles. The second-order valence-corrected chi connectivity index (χ2v) is 8.39.